The summed E-state index contributed by atoms with van der Waals surface area (Å²) in [7, 11) is 1.77. The van der Waals surface area contributed by atoms with Crippen molar-refractivity contribution in [3.05, 3.63) is 35.4 Å². The van der Waals surface area contributed by atoms with E-state index in [1.54, 1.807) is 7.05 Å². The quantitative estimate of drug-likeness (QED) is 0.671. The molecule has 1 aliphatic carbocycles. The van der Waals surface area contributed by atoms with Gasteiger partial charge in [0, 0.05) is 37.7 Å². The van der Waals surface area contributed by atoms with E-state index in [4.69, 9.17) is 0 Å². The van der Waals surface area contributed by atoms with Gasteiger partial charge in [0.25, 0.3) is 0 Å². The van der Waals surface area contributed by atoms with Crippen molar-refractivity contribution in [2.75, 3.05) is 20.1 Å². The molecule has 0 aromatic heterocycles. The van der Waals surface area contributed by atoms with Gasteiger partial charge in [0.2, 0.25) is 0 Å². The van der Waals surface area contributed by atoms with E-state index in [0.717, 1.165) is 44.2 Å². The molecule has 1 N–H and O–H groups in total. The van der Waals surface area contributed by atoms with Crippen LogP contribution in [0.5, 0.6) is 0 Å². The molecular weight excluding hydrogens is 284 g/mol. The molecule has 3 nitrogen and oxygen atoms in total. The smallest absolute Gasteiger partial charge is 0.193 e. The fourth-order valence-electron chi connectivity index (χ4n) is 3.22. The average Bonchev–Trinajstić information content (AvgIpc) is 3.24. The van der Waals surface area contributed by atoms with E-state index < -0.39 is 11.6 Å². The average molecular weight is 307 g/mol. The van der Waals surface area contributed by atoms with E-state index in [0.29, 0.717) is 0 Å². The summed E-state index contributed by atoms with van der Waals surface area (Å²) in [6.45, 7) is 4.25. The molecule has 1 aliphatic heterocycles. The largest absolute Gasteiger partial charge is 0.353 e. The number of hydrogen-bond donors (Lipinski definition) is 1. The first-order valence-electron chi connectivity index (χ1n) is 8.02. The molecule has 2 unspecified atom stereocenters. The molecule has 22 heavy (non-hydrogen) atoms. The summed E-state index contributed by atoms with van der Waals surface area (Å²) in [6.07, 6.45) is 3.08. The Labute approximate surface area is 130 Å². The van der Waals surface area contributed by atoms with E-state index in [9.17, 15) is 8.78 Å². The molecule has 0 spiro atoms. The third-order valence-electron chi connectivity index (χ3n) is 4.77. The molecule has 2 fully saturated rings. The lowest BCUT2D eigenvalue weighted by Crippen LogP contribution is -2.46. The van der Waals surface area contributed by atoms with E-state index in [-0.39, 0.29) is 17.5 Å². The SMILES string of the molecule is CN=C(NC1CC1c1c(F)cccc1F)N1CCC(C)CC1. The van der Waals surface area contributed by atoms with Crippen molar-refractivity contribution in [2.45, 2.75) is 38.1 Å². The molecule has 1 aromatic rings. The molecular formula is C17H23F2N3. The molecule has 2 aliphatic rings. The number of hydrogen-bond acceptors (Lipinski definition) is 1. The maximum absolute atomic E-state index is 13.8. The Kier molecular flexibility index (Phi) is 4.32. The summed E-state index contributed by atoms with van der Waals surface area (Å²) in [5, 5.41) is 3.37. The third-order valence-corrected chi connectivity index (χ3v) is 4.77. The van der Waals surface area contributed by atoms with Crippen LogP contribution in [0.1, 0.15) is 37.7 Å². The van der Waals surface area contributed by atoms with Crippen molar-refractivity contribution in [3.8, 4) is 0 Å². The van der Waals surface area contributed by atoms with Crippen LogP contribution >= 0.6 is 0 Å². The predicted octanol–water partition coefficient (Wildman–Crippen LogP) is 3.13. The van der Waals surface area contributed by atoms with Gasteiger partial charge in [-0.15, -0.1) is 0 Å². The monoisotopic (exact) mass is 307 g/mol. The number of guanidine groups is 1. The summed E-state index contributed by atoms with van der Waals surface area (Å²) in [5.74, 6) is 0.625. The Bertz CT molecular complexity index is 545. The van der Waals surface area contributed by atoms with E-state index in [1.165, 1.54) is 18.2 Å². The maximum atomic E-state index is 13.8. The van der Waals surface area contributed by atoms with Gasteiger partial charge in [-0.1, -0.05) is 13.0 Å². The summed E-state index contributed by atoms with van der Waals surface area (Å²) < 4.78 is 27.6. The third kappa shape index (κ3) is 3.08. The van der Waals surface area contributed by atoms with Crippen LogP contribution in [0.4, 0.5) is 8.78 Å². The lowest BCUT2D eigenvalue weighted by Gasteiger charge is -2.33. The number of rotatable bonds is 2. The summed E-state index contributed by atoms with van der Waals surface area (Å²) in [5.41, 5.74) is 0.211. The number of halogens is 2. The predicted molar refractivity (Wildman–Crippen MR) is 84.0 cm³/mol. The van der Waals surface area contributed by atoms with Gasteiger partial charge < -0.3 is 10.2 Å². The van der Waals surface area contributed by atoms with Gasteiger partial charge in [0.05, 0.1) is 0 Å². The number of nitrogens with one attached hydrogen (secondary N) is 1. The second-order valence-corrected chi connectivity index (χ2v) is 6.45. The zero-order valence-corrected chi connectivity index (χ0v) is 13.1. The first-order chi connectivity index (χ1) is 10.6. The number of aliphatic imine (C=N–C) groups is 1. The molecule has 3 rings (SSSR count). The van der Waals surface area contributed by atoms with Gasteiger partial charge in [-0.3, -0.25) is 4.99 Å². The van der Waals surface area contributed by atoms with Crippen molar-refractivity contribution < 1.29 is 8.78 Å². The standard InChI is InChI=1S/C17H23F2N3/c1-11-6-8-22(9-7-11)17(20-2)21-15-10-12(15)16-13(18)4-3-5-14(16)19/h3-5,11-12,15H,6-10H2,1-2H3,(H,20,21). The Morgan fingerprint density at radius 1 is 1.23 bits per heavy atom. The van der Waals surface area contributed by atoms with E-state index >= 15 is 0 Å². The second-order valence-electron chi connectivity index (χ2n) is 6.45. The van der Waals surface area contributed by atoms with Crippen molar-refractivity contribution in [1.29, 1.82) is 0 Å². The van der Waals surface area contributed by atoms with Crippen LogP contribution in [-0.2, 0) is 0 Å². The topological polar surface area (TPSA) is 27.6 Å². The molecule has 0 bridgehead atoms. The van der Waals surface area contributed by atoms with Crippen LogP contribution in [0.2, 0.25) is 0 Å². The van der Waals surface area contributed by atoms with Crippen molar-refractivity contribution in [3.63, 3.8) is 0 Å². The van der Waals surface area contributed by atoms with Gasteiger partial charge in [-0.2, -0.15) is 0 Å². The Balaban J connectivity index is 1.63. The fourth-order valence-corrected chi connectivity index (χ4v) is 3.22. The van der Waals surface area contributed by atoms with Crippen molar-refractivity contribution in [2.24, 2.45) is 10.9 Å². The maximum Gasteiger partial charge on any atom is 0.193 e. The fraction of sp³-hybridized carbons (Fsp3) is 0.588. The highest BCUT2D eigenvalue weighted by Gasteiger charge is 2.42. The van der Waals surface area contributed by atoms with E-state index in [2.05, 4.69) is 22.1 Å². The zero-order valence-electron chi connectivity index (χ0n) is 13.1. The van der Waals surface area contributed by atoms with Crippen molar-refractivity contribution in [1.82, 2.24) is 10.2 Å². The number of piperidine rings is 1. The highest BCUT2D eigenvalue weighted by atomic mass is 19.1. The second kappa shape index (κ2) is 6.23. The molecule has 0 amide bonds. The molecule has 1 aromatic carbocycles. The van der Waals surface area contributed by atoms with Gasteiger partial charge in [0.15, 0.2) is 5.96 Å². The van der Waals surface area contributed by atoms with E-state index in [1.807, 2.05) is 0 Å². The summed E-state index contributed by atoms with van der Waals surface area (Å²) >= 11 is 0. The normalized spacial score (nSPS) is 26.2. The van der Waals surface area contributed by atoms with Gasteiger partial charge in [-0.25, -0.2) is 8.78 Å². The molecule has 1 saturated heterocycles. The molecule has 0 radical (unpaired) electrons. The molecule has 1 saturated carbocycles. The number of likely N-dealkylation sites (tertiary alicyclic amines) is 1. The highest BCUT2D eigenvalue weighted by Crippen LogP contribution is 2.43. The highest BCUT2D eigenvalue weighted by molar-refractivity contribution is 5.80. The summed E-state index contributed by atoms with van der Waals surface area (Å²) in [6, 6.07) is 4.14. The number of benzene rings is 1. The van der Waals surface area contributed by atoms with Crippen molar-refractivity contribution >= 4 is 5.96 Å². The van der Waals surface area contributed by atoms with Crippen LogP contribution in [0.25, 0.3) is 0 Å². The first kappa shape index (κ1) is 15.3. The lowest BCUT2D eigenvalue weighted by atomic mass is 9.99. The first-order valence-corrected chi connectivity index (χ1v) is 8.02. The molecule has 5 heteroatoms. The minimum Gasteiger partial charge on any atom is -0.353 e. The molecule has 2 atom stereocenters. The van der Waals surface area contributed by atoms with Crippen LogP contribution < -0.4 is 5.32 Å². The summed E-state index contributed by atoms with van der Waals surface area (Å²) in [4.78, 5) is 6.58. The van der Waals surface area contributed by atoms with Gasteiger partial charge >= 0.3 is 0 Å². The van der Waals surface area contributed by atoms with Crippen LogP contribution in [0.15, 0.2) is 23.2 Å². The Hall–Kier alpha value is -1.65. The van der Waals surface area contributed by atoms with Gasteiger partial charge in [-0.05, 0) is 37.3 Å². The minimum absolute atomic E-state index is 0.0736. The Morgan fingerprint density at radius 2 is 1.86 bits per heavy atom. The Morgan fingerprint density at radius 3 is 2.45 bits per heavy atom. The zero-order chi connectivity index (χ0) is 15.7. The minimum atomic E-state index is -0.448. The molecule has 120 valence electrons. The lowest BCUT2D eigenvalue weighted by molar-refractivity contribution is 0.273. The van der Waals surface area contributed by atoms with Crippen LogP contribution in [0.3, 0.4) is 0 Å². The number of nitrogens with zero attached hydrogens (tertiary/aromatic N) is 2. The van der Waals surface area contributed by atoms with Crippen LogP contribution in [0, 0.1) is 17.6 Å². The van der Waals surface area contributed by atoms with Crippen LogP contribution in [-0.4, -0.2) is 37.0 Å². The van der Waals surface area contributed by atoms with Gasteiger partial charge in [0.1, 0.15) is 11.6 Å². The molecule has 1 heterocycles.